The Morgan fingerprint density at radius 1 is 1.33 bits per heavy atom. The Bertz CT molecular complexity index is 324. The summed E-state index contributed by atoms with van der Waals surface area (Å²) in [7, 11) is 0. The topological polar surface area (TPSA) is 38.3 Å². The minimum atomic E-state index is -0.126. The molecule has 2 rings (SSSR count). The minimum Gasteiger partial charge on any atom is -0.379 e. The average molecular weight is 205 g/mol. The van der Waals surface area contributed by atoms with Crippen LogP contribution in [0.5, 0.6) is 0 Å². The number of ketones is 1. The third-order valence-electron chi connectivity index (χ3n) is 2.56. The van der Waals surface area contributed by atoms with Gasteiger partial charge in [0.25, 0.3) is 0 Å². The molecule has 0 spiro atoms. The number of rotatable bonds is 3. The van der Waals surface area contributed by atoms with Crippen LogP contribution in [-0.2, 0) is 16.1 Å². The third-order valence-corrected chi connectivity index (χ3v) is 2.56. The van der Waals surface area contributed by atoms with Crippen molar-refractivity contribution in [3.05, 3.63) is 35.9 Å². The summed E-state index contributed by atoms with van der Waals surface area (Å²) in [6, 6.07) is 9.94. The Hall–Kier alpha value is -1.19. The maximum atomic E-state index is 11.5. The maximum absolute atomic E-state index is 11.5. The predicted octanol–water partition coefficient (Wildman–Crippen LogP) is 1.13. The number of ether oxygens (including phenoxy) is 1. The SMILES string of the molecule is O=C1CCOCC1NCc1ccccc1. The molecule has 0 aromatic heterocycles. The molecule has 1 saturated heterocycles. The standard InChI is InChI=1S/C12H15NO2/c14-12-6-7-15-9-11(12)13-8-10-4-2-1-3-5-10/h1-5,11,13H,6-9H2. The molecule has 1 aromatic carbocycles. The quantitative estimate of drug-likeness (QED) is 0.804. The number of hydrogen-bond acceptors (Lipinski definition) is 3. The number of nitrogens with one attached hydrogen (secondary N) is 1. The van der Waals surface area contributed by atoms with E-state index in [0.717, 1.165) is 6.54 Å². The highest BCUT2D eigenvalue weighted by molar-refractivity contribution is 5.84. The zero-order valence-corrected chi connectivity index (χ0v) is 8.61. The van der Waals surface area contributed by atoms with Crippen LogP contribution in [0.25, 0.3) is 0 Å². The Balaban J connectivity index is 1.85. The summed E-state index contributed by atoms with van der Waals surface area (Å²) in [5.74, 6) is 0.261. The van der Waals surface area contributed by atoms with E-state index >= 15 is 0 Å². The molecule has 1 fully saturated rings. The van der Waals surface area contributed by atoms with E-state index in [2.05, 4.69) is 5.32 Å². The van der Waals surface area contributed by atoms with Crippen LogP contribution in [-0.4, -0.2) is 25.0 Å². The zero-order valence-electron chi connectivity index (χ0n) is 8.61. The van der Waals surface area contributed by atoms with E-state index < -0.39 is 0 Å². The van der Waals surface area contributed by atoms with Crippen molar-refractivity contribution in [2.45, 2.75) is 19.0 Å². The van der Waals surface area contributed by atoms with Crippen LogP contribution >= 0.6 is 0 Å². The second kappa shape index (κ2) is 5.05. The average Bonchev–Trinajstić information content (AvgIpc) is 2.29. The van der Waals surface area contributed by atoms with E-state index in [4.69, 9.17) is 4.74 Å². The number of benzene rings is 1. The lowest BCUT2D eigenvalue weighted by Crippen LogP contribution is -2.43. The monoisotopic (exact) mass is 205 g/mol. The van der Waals surface area contributed by atoms with Gasteiger partial charge in [-0.05, 0) is 5.56 Å². The molecule has 0 bridgehead atoms. The lowest BCUT2D eigenvalue weighted by Gasteiger charge is -2.22. The van der Waals surface area contributed by atoms with Crippen molar-refractivity contribution in [2.24, 2.45) is 0 Å². The molecule has 80 valence electrons. The fourth-order valence-electron chi connectivity index (χ4n) is 1.65. The van der Waals surface area contributed by atoms with Crippen molar-refractivity contribution in [1.82, 2.24) is 5.32 Å². The van der Waals surface area contributed by atoms with Gasteiger partial charge < -0.3 is 10.1 Å². The zero-order chi connectivity index (χ0) is 10.5. The number of Topliss-reactive ketones (excluding diaryl/α,β-unsaturated/α-hetero) is 1. The number of carbonyl (C=O) groups is 1. The summed E-state index contributed by atoms with van der Waals surface area (Å²) in [5, 5.41) is 3.21. The predicted molar refractivity (Wildman–Crippen MR) is 57.5 cm³/mol. The molecule has 3 nitrogen and oxygen atoms in total. The Morgan fingerprint density at radius 3 is 2.87 bits per heavy atom. The van der Waals surface area contributed by atoms with Crippen molar-refractivity contribution < 1.29 is 9.53 Å². The molecule has 1 heterocycles. The van der Waals surface area contributed by atoms with Crippen molar-refractivity contribution in [1.29, 1.82) is 0 Å². The van der Waals surface area contributed by atoms with E-state index in [9.17, 15) is 4.79 Å². The molecule has 3 heteroatoms. The van der Waals surface area contributed by atoms with Crippen LogP contribution in [0.1, 0.15) is 12.0 Å². The first kappa shape index (κ1) is 10.3. The van der Waals surface area contributed by atoms with Gasteiger partial charge in [0.15, 0.2) is 5.78 Å². The van der Waals surface area contributed by atoms with Gasteiger partial charge in [0, 0.05) is 13.0 Å². The van der Waals surface area contributed by atoms with Crippen LogP contribution < -0.4 is 5.32 Å². The van der Waals surface area contributed by atoms with Crippen LogP contribution in [0.4, 0.5) is 0 Å². The molecular formula is C12H15NO2. The fraction of sp³-hybridized carbons (Fsp3) is 0.417. The molecular weight excluding hydrogens is 190 g/mol. The highest BCUT2D eigenvalue weighted by atomic mass is 16.5. The van der Waals surface area contributed by atoms with Crippen molar-refractivity contribution in [2.75, 3.05) is 13.2 Å². The Labute approximate surface area is 89.4 Å². The van der Waals surface area contributed by atoms with Gasteiger partial charge in [-0.25, -0.2) is 0 Å². The first-order valence-corrected chi connectivity index (χ1v) is 5.24. The lowest BCUT2D eigenvalue weighted by atomic mass is 10.1. The van der Waals surface area contributed by atoms with Crippen LogP contribution in [0, 0.1) is 0 Å². The highest BCUT2D eigenvalue weighted by Crippen LogP contribution is 2.04. The summed E-state index contributed by atoms with van der Waals surface area (Å²) in [5.41, 5.74) is 1.19. The lowest BCUT2D eigenvalue weighted by molar-refractivity contribution is -0.127. The normalized spacial score (nSPS) is 21.6. The van der Waals surface area contributed by atoms with Gasteiger partial charge in [0.2, 0.25) is 0 Å². The van der Waals surface area contributed by atoms with E-state index in [1.807, 2.05) is 30.3 Å². The van der Waals surface area contributed by atoms with Gasteiger partial charge in [0.05, 0.1) is 19.3 Å². The van der Waals surface area contributed by atoms with Crippen molar-refractivity contribution >= 4 is 5.78 Å². The summed E-state index contributed by atoms with van der Waals surface area (Å²) in [6.45, 7) is 1.80. The van der Waals surface area contributed by atoms with E-state index in [-0.39, 0.29) is 11.8 Å². The molecule has 15 heavy (non-hydrogen) atoms. The molecule has 1 aliphatic rings. The molecule has 0 radical (unpaired) electrons. The Morgan fingerprint density at radius 2 is 2.13 bits per heavy atom. The van der Waals surface area contributed by atoms with Gasteiger partial charge in [-0.1, -0.05) is 30.3 Å². The smallest absolute Gasteiger partial charge is 0.154 e. The molecule has 1 N–H and O–H groups in total. The third kappa shape index (κ3) is 2.88. The van der Waals surface area contributed by atoms with Crippen molar-refractivity contribution in [3.63, 3.8) is 0 Å². The Kier molecular flexibility index (Phi) is 3.48. The van der Waals surface area contributed by atoms with Crippen LogP contribution in [0.2, 0.25) is 0 Å². The van der Waals surface area contributed by atoms with Gasteiger partial charge in [-0.15, -0.1) is 0 Å². The first-order chi connectivity index (χ1) is 7.36. The van der Waals surface area contributed by atoms with Crippen LogP contribution in [0.15, 0.2) is 30.3 Å². The number of hydrogen-bond donors (Lipinski definition) is 1. The van der Waals surface area contributed by atoms with E-state index in [1.54, 1.807) is 0 Å². The summed E-state index contributed by atoms with van der Waals surface area (Å²) >= 11 is 0. The van der Waals surface area contributed by atoms with E-state index in [0.29, 0.717) is 19.6 Å². The van der Waals surface area contributed by atoms with Gasteiger partial charge in [-0.2, -0.15) is 0 Å². The number of carbonyl (C=O) groups excluding carboxylic acids is 1. The molecule has 1 aromatic rings. The molecule has 1 aliphatic heterocycles. The molecule has 0 saturated carbocycles. The highest BCUT2D eigenvalue weighted by Gasteiger charge is 2.21. The van der Waals surface area contributed by atoms with Gasteiger partial charge in [0.1, 0.15) is 0 Å². The molecule has 1 unspecified atom stereocenters. The van der Waals surface area contributed by atoms with E-state index in [1.165, 1.54) is 5.56 Å². The summed E-state index contributed by atoms with van der Waals surface area (Å²) in [6.07, 6.45) is 0.534. The second-order valence-electron chi connectivity index (χ2n) is 3.71. The van der Waals surface area contributed by atoms with Crippen molar-refractivity contribution in [3.8, 4) is 0 Å². The van der Waals surface area contributed by atoms with Crippen LogP contribution in [0.3, 0.4) is 0 Å². The van der Waals surface area contributed by atoms with Gasteiger partial charge >= 0.3 is 0 Å². The molecule has 1 atom stereocenters. The minimum absolute atomic E-state index is 0.126. The molecule has 0 aliphatic carbocycles. The fourth-order valence-corrected chi connectivity index (χ4v) is 1.65. The molecule has 0 amide bonds. The summed E-state index contributed by atoms with van der Waals surface area (Å²) in [4.78, 5) is 11.5. The first-order valence-electron chi connectivity index (χ1n) is 5.24. The summed E-state index contributed by atoms with van der Waals surface area (Å²) < 4.78 is 5.26. The second-order valence-corrected chi connectivity index (χ2v) is 3.71. The maximum Gasteiger partial charge on any atom is 0.154 e. The largest absolute Gasteiger partial charge is 0.379 e. The van der Waals surface area contributed by atoms with Gasteiger partial charge in [-0.3, -0.25) is 4.79 Å².